The number of hydrogen-bond acceptors (Lipinski definition) is 10. The van der Waals surface area contributed by atoms with Crippen LogP contribution in [0.4, 0.5) is 0 Å². The summed E-state index contributed by atoms with van der Waals surface area (Å²) in [4.78, 5) is 68.8. The predicted octanol–water partition coefficient (Wildman–Crippen LogP) is 4.16. The van der Waals surface area contributed by atoms with E-state index in [1.165, 1.54) is 13.8 Å². The fraction of sp³-hybridized carbons (Fsp3) is 0.500. The number of rotatable bonds is 14. The van der Waals surface area contributed by atoms with E-state index in [0.29, 0.717) is 16.8 Å². The van der Waals surface area contributed by atoms with Gasteiger partial charge >= 0.3 is 5.97 Å². The van der Waals surface area contributed by atoms with Gasteiger partial charge in [0.25, 0.3) is 11.7 Å². The van der Waals surface area contributed by atoms with Crippen LogP contribution in [-0.2, 0) is 40.9 Å². The zero-order valence-corrected chi connectivity index (χ0v) is 28.5. The quantitative estimate of drug-likeness (QED) is 0.213. The number of fused-ring (bicyclic) bond motifs is 1. The second-order valence-corrected chi connectivity index (χ2v) is 13.8. The van der Waals surface area contributed by atoms with Crippen LogP contribution in [0.2, 0.25) is 0 Å². The highest BCUT2D eigenvalue weighted by Crippen LogP contribution is 2.42. The monoisotopic (exact) mass is 663 g/mol. The van der Waals surface area contributed by atoms with Crippen LogP contribution in [0.1, 0.15) is 79.2 Å². The fourth-order valence-corrected chi connectivity index (χ4v) is 5.68. The summed E-state index contributed by atoms with van der Waals surface area (Å²) in [7, 11) is 0. The number of hydrogen-bond donors (Lipinski definition) is 3. The van der Waals surface area contributed by atoms with E-state index in [0.717, 1.165) is 5.56 Å². The molecule has 2 heterocycles. The number of para-hydroxylation sites is 2. The molecule has 1 aliphatic heterocycles. The first-order chi connectivity index (χ1) is 22.4. The number of ketones is 2. The summed E-state index contributed by atoms with van der Waals surface area (Å²) < 4.78 is 16.7. The van der Waals surface area contributed by atoms with Gasteiger partial charge in [-0.25, -0.2) is 4.98 Å². The number of oxazole rings is 1. The zero-order chi connectivity index (χ0) is 35.4. The number of ether oxygens (including phenoxy) is 2. The Morgan fingerprint density at radius 3 is 2.29 bits per heavy atom. The molecule has 12 nitrogen and oxygen atoms in total. The highest BCUT2D eigenvalue weighted by molar-refractivity contribution is 5.94. The number of benzene rings is 2. The van der Waals surface area contributed by atoms with Crippen molar-refractivity contribution in [3.05, 3.63) is 60.0 Å². The van der Waals surface area contributed by atoms with Gasteiger partial charge in [-0.3, -0.25) is 24.0 Å². The minimum atomic E-state index is -2.25. The molecule has 5 atom stereocenters. The lowest BCUT2D eigenvalue weighted by Gasteiger charge is -2.26. The highest BCUT2D eigenvalue weighted by atomic mass is 16.7. The summed E-state index contributed by atoms with van der Waals surface area (Å²) in [6.45, 7) is 12.3. The average molecular weight is 664 g/mol. The highest BCUT2D eigenvalue weighted by Gasteiger charge is 2.54. The number of nitrogens with one attached hydrogen (secondary N) is 2. The summed E-state index contributed by atoms with van der Waals surface area (Å²) in [6.07, 6.45) is -0.497. The minimum absolute atomic E-state index is 0.164. The molecular formula is C36H45N3O9. The van der Waals surface area contributed by atoms with Gasteiger partial charge in [-0.15, -0.1) is 0 Å². The number of aliphatic hydroxyl groups is 1. The Morgan fingerprint density at radius 2 is 1.69 bits per heavy atom. The summed E-state index contributed by atoms with van der Waals surface area (Å²) in [5.41, 5.74) is 1.27. The van der Waals surface area contributed by atoms with Crippen LogP contribution >= 0.6 is 0 Å². The van der Waals surface area contributed by atoms with Crippen LogP contribution in [0.3, 0.4) is 0 Å². The van der Waals surface area contributed by atoms with Gasteiger partial charge < -0.3 is 29.6 Å². The van der Waals surface area contributed by atoms with Gasteiger partial charge in [0.2, 0.25) is 11.8 Å². The first-order valence-electron chi connectivity index (χ1n) is 16.2. The lowest BCUT2D eigenvalue weighted by Crippen LogP contribution is -2.47. The van der Waals surface area contributed by atoms with Crippen molar-refractivity contribution in [3.8, 4) is 5.75 Å². The van der Waals surface area contributed by atoms with Crippen LogP contribution in [0.15, 0.2) is 52.9 Å². The number of cyclic esters (lactones) is 1. The molecule has 1 aliphatic rings. The van der Waals surface area contributed by atoms with Gasteiger partial charge in [0.15, 0.2) is 17.1 Å². The second kappa shape index (κ2) is 14.7. The number of nitrogens with zero attached hydrogens (tertiary/aromatic N) is 1. The third-order valence-corrected chi connectivity index (χ3v) is 8.24. The summed E-state index contributed by atoms with van der Waals surface area (Å²) in [5, 5.41) is 16.8. The van der Waals surface area contributed by atoms with Gasteiger partial charge in [-0.1, -0.05) is 38.1 Å². The van der Waals surface area contributed by atoms with E-state index in [9.17, 15) is 29.1 Å². The van der Waals surface area contributed by atoms with Crippen molar-refractivity contribution in [3.63, 3.8) is 0 Å². The van der Waals surface area contributed by atoms with Crippen LogP contribution < -0.4 is 15.4 Å². The van der Waals surface area contributed by atoms with Crippen molar-refractivity contribution in [2.45, 2.75) is 97.6 Å². The van der Waals surface area contributed by atoms with Crippen molar-refractivity contribution in [2.75, 3.05) is 0 Å². The molecule has 2 aromatic carbocycles. The molecule has 12 heteroatoms. The topological polar surface area (TPSA) is 174 Å². The second-order valence-electron chi connectivity index (χ2n) is 13.8. The van der Waals surface area contributed by atoms with Crippen molar-refractivity contribution in [2.24, 2.45) is 17.8 Å². The van der Waals surface area contributed by atoms with Crippen LogP contribution in [0, 0.1) is 17.8 Å². The van der Waals surface area contributed by atoms with Crippen LogP contribution in [-0.4, -0.2) is 57.1 Å². The van der Waals surface area contributed by atoms with Crippen LogP contribution in [0.5, 0.6) is 5.75 Å². The third-order valence-electron chi connectivity index (χ3n) is 8.24. The molecule has 0 spiro atoms. The molecule has 3 aromatic rings. The van der Waals surface area contributed by atoms with E-state index >= 15 is 0 Å². The summed E-state index contributed by atoms with van der Waals surface area (Å²) >= 11 is 0. The van der Waals surface area contributed by atoms with E-state index in [-0.39, 0.29) is 54.8 Å². The predicted molar refractivity (Wildman–Crippen MR) is 175 cm³/mol. The molecular weight excluding hydrogens is 618 g/mol. The Bertz CT molecular complexity index is 1620. The van der Waals surface area contributed by atoms with Gasteiger partial charge in [-0.05, 0) is 69.9 Å². The van der Waals surface area contributed by atoms with Gasteiger partial charge in [-0.2, -0.15) is 0 Å². The van der Waals surface area contributed by atoms with E-state index in [1.807, 2.05) is 32.9 Å². The first kappa shape index (κ1) is 36.3. The van der Waals surface area contributed by atoms with E-state index in [4.69, 9.17) is 13.9 Å². The van der Waals surface area contributed by atoms with Crippen LogP contribution in [0.25, 0.3) is 11.1 Å². The molecule has 4 rings (SSSR count). The van der Waals surface area contributed by atoms with Gasteiger partial charge in [0.1, 0.15) is 16.9 Å². The van der Waals surface area contributed by atoms with Crippen molar-refractivity contribution in [1.29, 1.82) is 0 Å². The standard InChI is InChI=1S/C36H45N3O9/c1-20(2)26(19-30(42)28(38-22(4)40)16-23-12-14-25(15-13-23)47-35(5,6)7)33(44)37-21(3)29(41)17-24-18-32(43)48-36(24,45)34-39-27-10-8-9-11-31(27)46-34/h8-15,20-21,24,26,28,45H,16-19H2,1-7H3,(H,37,44)(H,38,40)/t21-,24+,26+,28-,36?/m0/s1. The number of esters is 1. The molecule has 0 aliphatic carbocycles. The molecule has 3 N–H and O–H groups in total. The number of aromatic nitrogens is 1. The molecule has 1 aromatic heterocycles. The molecule has 0 radical (unpaired) electrons. The van der Waals surface area contributed by atoms with E-state index in [2.05, 4.69) is 15.6 Å². The molecule has 1 saturated heterocycles. The molecule has 0 saturated carbocycles. The Morgan fingerprint density at radius 1 is 1.02 bits per heavy atom. The Balaban J connectivity index is 1.40. The molecule has 2 amide bonds. The lowest BCUT2D eigenvalue weighted by atomic mass is 9.86. The fourth-order valence-electron chi connectivity index (χ4n) is 5.68. The molecule has 0 bridgehead atoms. The van der Waals surface area contributed by atoms with Crippen molar-refractivity contribution >= 4 is 40.4 Å². The number of amides is 2. The summed E-state index contributed by atoms with van der Waals surface area (Å²) in [5.74, 6) is -6.23. The lowest BCUT2D eigenvalue weighted by molar-refractivity contribution is -0.219. The first-order valence-corrected chi connectivity index (χ1v) is 16.2. The smallest absolute Gasteiger partial charge is 0.309 e. The van der Waals surface area contributed by atoms with E-state index < -0.39 is 47.4 Å². The average Bonchev–Trinajstić information content (AvgIpc) is 3.56. The summed E-state index contributed by atoms with van der Waals surface area (Å²) in [6, 6.07) is 12.2. The molecule has 48 heavy (non-hydrogen) atoms. The Hall–Kier alpha value is -4.58. The maximum atomic E-state index is 13.5. The third kappa shape index (κ3) is 9.06. The largest absolute Gasteiger partial charge is 0.488 e. The minimum Gasteiger partial charge on any atom is -0.488 e. The van der Waals surface area contributed by atoms with E-state index in [1.54, 1.807) is 50.2 Å². The molecule has 258 valence electrons. The molecule has 1 unspecified atom stereocenters. The van der Waals surface area contributed by atoms with Gasteiger partial charge in [0, 0.05) is 25.7 Å². The Kier molecular flexibility index (Phi) is 11.1. The van der Waals surface area contributed by atoms with Crippen molar-refractivity contribution in [1.82, 2.24) is 15.6 Å². The maximum Gasteiger partial charge on any atom is 0.309 e. The number of carbonyl (C=O) groups is 5. The zero-order valence-electron chi connectivity index (χ0n) is 28.5. The van der Waals surface area contributed by atoms with Gasteiger partial charge in [0.05, 0.1) is 24.4 Å². The maximum absolute atomic E-state index is 13.5. The van der Waals surface area contributed by atoms with Crippen molar-refractivity contribution < 1.29 is 43.0 Å². The molecule has 1 fully saturated rings. The number of Topliss-reactive ketones (excluding diaryl/α,β-unsaturated/α-hetero) is 2. The normalized spacial score (nSPS) is 19.8. The SMILES string of the molecule is CC(=O)N[C@@H](Cc1ccc(OC(C)(C)C)cc1)C(=O)C[C@@H](C(=O)N[C@@H](C)C(=O)C[C@@H]1CC(=O)OC1(O)c1nc2ccccc2o1)C(C)C. The Labute approximate surface area is 280 Å². The number of carbonyl (C=O) groups excluding carboxylic acids is 5.